The van der Waals surface area contributed by atoms with Gasteiger partial charge in [0.15, 0.2) is 6.61 Å². The summed E-state index contributed by atoms with van der Waals surface area (Å²) in [6.07, 6.45) is 1.72. The van der Waals surface area contributed by atoms with Crippen molar-refractivity contribution in [3.05, 3.63) is 64.8 Å². The second kappa shape index (κ2) is 6.28. The Hall–Kier alpha value is -2.75. The average molecular weight is 334 g/mol. The van der Waals surface area contributed by atoms with Crippen LogP contribution >= 0.6 is 0 Å². The van der Waals surface area contributed by atoms with E-state index in [0.717, 1.165) is 24.2 Å². The molecule has 4 nitrogen and oxygen atoms in total. The predicted octanol–water partition coefficient (Wildman–Crippen LogP) is 3.45. The molecule has 2 N–H and O–H groups in total. The van der Waals surface area contributed by atoms with Gasteiger partial charge in [-0.25, -0.2) is 0 Å². The monoisotopic (exact) mass is 334 g/mol. The van der Waals surface area contributed by atoms with Crippen molar-refractivity contribution < 1.29 is 9.53 Å². The molecule has 1 atom stereocenters. The van der Waals surface area contributed by atoms with E-state index in [2.05, 4.69) is 28.5 Å². The van der Waals surface area contributed by atoms with Crippen molar-refractivity contribution in [1.29, 1.82) is 0 Å². The minimum absolute atomic E-state index is 0.0511. The number of hydrogen-bond acceptors (Lipinski definition) is 2. The number of hydrogen-bond donors (Lipinski definition) is 2. The summed E-state index contributed by atoms with van der Waals surface area (Å²) in [5, 5.41) is 4.36. The quantitative estimate of drug-likeness (QED) is 0.768. The average Bonchev–Trinajstić information content (AvgIpc) is 3.13. The number of aryl methyl sites for hydroxylation is 1. The minimum atomic E-state index is -0.0691. The summed E-state index contributed by atoms with van der Waals surface area (Å²) in [7, 11) is 0. The maximum Gasteiger partial charge on any atom is 0.258 e. The molecule has 0 fully saturated rings. The number of nitrogens with one attached hydrogen (secondary N) is 2. The van der Waals surface area contributed by atoms with E-state index in [1.807, 2.05) is 38.1 Å². The molecule has 2 aromatic carbocycles. The number of H-pyrrole nitrogens is 1. The number of aromatic nitrogens is 1. The van der Waals surface area contributed by atoms with Crippen LogP contribution in [-0.2, 0) is 17.6 Å². The third kappa shape index (κ3) is 3.00. The molecule has 0 radical (unpaired) electrons. The number of amides is 1. The van der Waals surface area contributed by atoms with E-state index in [4.69, 9.17) is 4.74 Å². The molecule has 128 valence electrons. The zero-order chi connectivity index (χ0) is 17.4. The first-order valence-corrected chi connectivity index (χ1v) is 8.68. The van der Waals surface area contributed by atoms with Crippen molar-refractivity contribution in [2.24, 2.45) is 0 Å². The molecule has 0 saturated heterocycles. The maximum absolute atomic E-state index is 12.3. The Morgan fingerprint density at radius 2 is 2.00 bits per heavy atom. The van der Waals surface area contributed by atoms with Gasteiger partial charge in [0.2, 0.25) is 0 Å². The molecule has 0 bridgehead atoms. The van der Waals surface area contributed by atoms with Crippen molar-refractivity contribution >= 4 is 16.8 Å². The van der Waals surface area contributed by atoms with Crippen molar-refractivity contribution in [2.45, 2.75) is 32.7 Å². The highest BCUT2D eigenvalue weighted by Crippen LogP contribution is 2.30. The standard InChI is InChI=1S/C21H22N2O2/c1-13-6-5-9-20(14(13)2)25-12-21(24)22-15-10-17-16-7-3-4-8-18(16)23-19(17)11-15/h3-9,15,23H,10-12H2,1-2H3,(H,22,24). The first-order chi connectivity index (χ1) is 12.1. The molecule has 25 heavy (non-hydrogen) atoms. The Labute approximate surface area is 147 Å². The van der Waals surface area contributed by atoms with Crippen LogP contribution in [0.5, 0.6) is 5.75 Å². The molecule has 3 aromatic rings. The lowest BCUT2D eigenvalue weighted by molar-refractivity contribution is -0.123. The number of para-hydroxylation sites is 1. The molecule has 1 heterocycles. The molecular formula is C21H22N2O2. The highest BCUT2D eigenvalue weighted by atomic mass is 16.5. The number of carbonyl (C=O) groups is 1. The van der Waals surface area contributed by atoms with Gasteiger partial charge in [-0.15, -0.1) is 0 Å². The van der Waals surface area contributed by atoms with Gasteiger partial charge in [-0.3, -0.25) is 4.79 Å². The van der Waals surface area contributed by atoms with Crippen LogP contribution in [0.1, 0.15) is 22.4 Å². The first-order valence-electron chi connectivity index (χ1n) is 8.68. The van der Waals surface area contributed by atoms with Gasteiger partial charge in [-0.05, 0) is 49.1 Å². The zero-order valence-corrected chi connectivity index (χ0v) is 14.6. The number of carbonyl (C=O) groups excluding carboxylic acids is 1. The van der Waals surface area contributed by atoms with Gasteiger partial charge in [0.05, 0.1) is 0 Å². The van der Waals surface area contributed by atoms with Crippen LogP contribution in [0.3, 0.4) is 0 Å². The summed E-state index contributed by atoms with van der Waals surface area (Å²) in [6.45, 7) is 4.10. The lowest BCUT2D eigenvalue weighted by atomic mass is 10.1. The first kappa shape index (κ1) is 15.8. The van der Waals surface area contributed by atoms with Gasteiger partial charge in [0, 0.05) is 29.1 Å². The molecule has 0 spiro atoms. The fourth-order valence-electron chi connectivity index (χ4n) is 3.62. The van der Waals surface area contributed by atoms with E-state index >= 15 is 0 Å². The predicted molar refractivity (Wildman–Crippen MR) is 99.0 cm³/mol. The topological polar surface area (TPSA) is 54.1 Å². The third-order valence-corrected chi connectivity index (χ3v) is 5.08. The fourth-order valence-corrected chi connectivity index (χ4v) is 3.62. The van der Waals surface area contributed by atoms with Crippen LogP contribution in [0.15, 0.2) is 42.5 Å². The van der Waals surface area contributed by atoms with Crippen LogP contribution in [0.4, 0.5) is 0 Å². The highest BCUT2D eigenvalue weighted by Gasteiger charge is 2.26. The summed E-state index contributed by atoms with van der Waals surface area (Å²) in [5.41, 5.74) is 5.99. The lowest BCUT2D eigenvalue weighted by Gasteiger charge is -2.14. The fraction of sp³-hybridized carbons (Fsp3) is 0.286. The SMILES string of the molecule is Cc1cccc(OCC(=O)NC2Cc3[nH]c4ccccc4c3C2)c1C. The Morgan fingerprint density at radius 1 is 1.16 bits per heavy atom. The van der Waals surface area contributed by atoms with E-state index in [-0.39, 0.29) is 18.6 Å². The van der Waals surface area contributed by atoms with E-state index < -0.39 is 0 Å². The number of ether oxygens (including phenoxy) is 1. The Bertz CT molecular complexity index is 942. The van der Waals surface area contributed by atoms with Gasteiger partial charge in [0.25, 0.3) is 5.91 Å². The largest absolute Gasteiger partial charge is 0.483 e. The van der Waals surface area contributed by atoms with Crippen molar-refractivity contribution in [1.82, 2.24) is 10.3 Å². The van der Waals surface area contributed by atoms with Gasteiger partial charge in [-0.2, -0.15) is 0 Å². The number of fused-ring (bicyclic) bond motifs is 3. The van der Waals surface area contributed by atoms with Crippen LogP contribution in [0, 0.1) is 13.8 Å². The van der Waals surface area contributed by atoms with Crippen molar-refractivity contribution in [3.8, 4) is 5.75 Å². The number of aromatic amines is 1. The van der Waals surface area contributed by atoms with Crippen LogP contribution in [0.2, 0.25) is 0 Å². The Balaban J connectivity index is 1.36. The van der Waals surface area contributed by atoms with Gasteiger partial charge in [-0.1, -0.05) is 30.3 Å². The van der Waals surface area contributed by atoms with Crippen LogP contribution in [-0.4, -0.2) is 23.5 Å². The molecule has 0 aliphatic heterocycles. The third-order valence-electron chi connectivity index (χ3n) is 5.08. The number of benzene rings is 2. The Kier molecular flexibility index (Phi) is 3.96. The Morgan fingerprint density at radius 3 is 2.88 bits per heavy atom. The minimum Gasteiger partial charge on any atom is -0.483 e. The lowest BCUT2D eigenvalue weighted by Crippen LogP contribution is -2.38. The van der Waals surface area contributed by atoms with E-state index in [9.17, 15) is 4.79 Å². The molecule has 1 unspecified atom stereocenters. The summed E-state index contributed by atoms with van der Waals surface area (Å²) in [4.78, 5) is 15.7. The van der Waals surface area contributed by atoms with Gasteiger partial charge < -0.3 is 15.0 Å². The molecule has 0 saturated carbocycles. The smallest absolute Gasteiger partial charge is 0.258 e. The summed E-state index contributed by atoms with van der Waals surface area (Å²) >= 11 is 0. The molecular weight excluding hydrogens is 312 g/mol. The van der Waals surface area contributed by atoms with Crippen molar-refractivity contribution in [3.63, 3.8) is 0 Å². The molecule has 4 rings (SSSR count). The van der Waals surface area contributed by atoms with Crippen molar-refractivity contribution in [2.75, 3.05) is 6.61 Å². The summed E-state index contributed by atoms with van der Waals surface area (Å²) < 4.78 is 5.70. The second-order valence-electron chi connectivity index (χ2n) is 6.79. The molecule has 1 amide bonds. The van der Waals surface area contributed by atoms with Gasteiger partial charge >= 0.3 is 0 Å². The highest BCUT2D eigenvalue weighted by molar-refractivity contribution is 5.86. The zero-order valence-electron chi connectivity index (χ0n) is 14.6. The van der Waals surface area contributed by atoms with Gasteiger partial charge in [0.1, 0.15) is 5.75 Å². The van der Waals surface area contributed by atoms with E-state index in [1.165, 1.54) is 27.7 Å². The molecule has 1 aliphatic rings. The second-order valence-corrected chi connectivity index (χ2v) is 6.79. The molecule has 1 aliphatic carbocycles. The molecule has 1 aromatic heterocycles. The van der Waals surface area contributed by atoms with E-state index in [0.29, 0.717) is 0 Å². The van der Waals surface area contributed by atoms with E-state index in [1.54, 1.807) is 0 Å². The number of rotatable bonds is 4. The van der Waals surface area contributed by atoms with Crippen LogP contribution in [0.25, 0.3) is 10.9 Å². The summed E-state index contributed by atoms with van der Waals surface area (Å²) in [5.74, 6) is 0.707. The maximum atomic E-state index is 12.3. The summed E-state index contributed by atoms with van der Waals surface area (Å²) in [6, 6.07) is 14.4. The van der Waals surface area contributed by atoms with Crippen LogP contribution < -0.4 is 10.1 Å². The normalized spacial score (nSPS) is 16.0. The molecule has 4 heteroatoms.